The first-order valence-electron chi connectivity index (χ1n) is 8.13. The Kier molecular flexibility index (Phi) is 7.42. The quantitative estimate of drug-likeness (QED) is 0.707. The minimum Gasteiger partial charge on any atom is -0.444 e. The van der Waals surface area contributed by atoms with Crippen molar-refractivity contribution < 1.29 is 22.7 Å². The van der Waals surface area contributed by atoms with Gasteiger partial charge in [0.1, 0.15) is 20.7 Å². The molecule has 2 amide bonds. The third-order valence-electron chi connectivity index (χ3n) is 3.29. The van der Waals surface area contributed by atoms with E-state index in [2.05, 4.69) is 10.6 Å². The zero-order valence-corrected chi connectivity index (χ0v) is 18.4. The summed E-state index contributed by atoms with van der Waals surface area (Å²) in [4.78, 5) is 23.6. The number of hydrogen-bond acceptors (Lipinski definition) is 7. The van der Waals surface area contributed by atoms with Gasteiger partial charge in [-0.3, -0.25) is 4.79 Å². The van der Waals surface area contributed by atoms with Crippen LogP contribution >= 0.6 is 34.7 Å². The van der Waals surface area contributed by atoms with E-state index in [1.165, 1.54) is 10.4 Å². The number of anilines is 1. The number of carbonyl (C=O) groups excluding carboxylic acids is 2. The maximum Gasteiger partial charge on any atom is 0.408 e. The predicted molar refractivity (Wildman–Crippen MR) is 108 cm³/mol. The lowest BCUT2D eigenvalue weighted by Crippen LogP contribution is -2.37. The van der Waals surface area contributed by atoms with Gasteiger partial charge in [-0.2, -0.15) is 16.1 Å². The van der Waals surface area contributed by atoms with E-state index in [0.29, 0.717) is 13.1 Å². The molecule has 0 unspecified atom stereocenters. The van der Waals surface area contributed by atoms with Gasteiger partial charge in [-0.25, -0.2) is 13.2 Å². The number of alkyl carbamates (subject to hydrolysis) is 1. The second kappa shape index (κ2) is 8.99. The van der Waals surface area contributed by atoms with Crippen LogP contribution in [0.15, 0.2) is 10.3 Å². The van der Waals surface area contributed by atoms with Crippen molar-refractivity contribution in [3.63, 3.8) is 0 Å². The van der Waals surface area contributed by atoms with Crippen LogP contribution < -0.4 is 10.6 Å². The summed E-state index contributed by atoms with van der Waals surface area (Å²) in [5.74, 6) is 0.954. The Morgan fingerprint density at radius 1 is 1.30 bits per heavy atom. The molecule has 0 aromatic carbocycles. The number of halogens is 1. The summed E-state index contributed by atoms with van der Waals surface area (Å²) in [7, 11) is -3.63. The molecule has 1 saturated heterocycles. The minimum absolute atomic E-state index is 0.0785. The number of rotatable bonds is 5. The Morgan fingerprint density at radius 2 is 1.93 bits per heavy atom. The number of ether oxygens (including phenoxy) is 1. The molecule has 2 N–H and O–H groups in total. The number of sulfonamides is 1. The van der Waals surface area contributed by atoms with Crippen LogP contribution in [0.2, 0.25) is 4.34 Å². The van der Waals surface area contributed by atoms with Crippen molar-refractivity contribution in [2.24, 2.45) is 0 Å². The zero-order valence-electron chi connectivity index (χ0n) is 15.2. The molecule has 1 aliphatic heterocycles. The number of thiophene rings is 1. The summed E-state index contributed by atoms with van der Waals surface area (Å²) in [5.41, 5.74) is -0.476. The van der Waals surface area contributed by atoms with Gasteiger partial charge in [0, 0.05) is 24.6 Å². The highest BCUT2D eigenvalue weighted by molar-refractivity contribution is 7.99. The van der Waals surface area contributed by atoms with Crippen LogP contribution in [-0.2, 0) is 19.6 Å². The summed E-state index contributed by atoms with van der Waals surface area (Å²) < 4.78 is 32.0. The third kappa shape index (κ3) is 6.53. The Bertz CT molecular complexity index is 798. The maximum atomic E-state index is 12.7. The maximum absolute atomic E-state index is 12.7. The van der Waals surface area contributed by atoms with Crippen LogP contribution in [0, 0.1) is 0 Å². The molecular formula is C15H22ClN3O5S3. The number of hydrogen-bond donors (Lipinski definition) is 2. The van der Waals surface area contributed by atoms with Crippen molar-refractivity contribution in [3.8, 4) is 0 Å². The summed E-state index contributed by atoms with van der Waals surface area (Å²) in [5, 5.41) is 4.83. The Hall–Kier alpha value is -1.01. The first-order valence-corrected chi connectivity index (χ1v) is 11.9. The van der Waals surface area contributed by atoms with Gasteiger partial charge in [0.2, 0.25) is 5.91 Å². The third-order valence-corrected chi connectivity index (χ3v) is 7.94. The van der Waals surface area contributed by atoms with Gasteiger partial charge in [-0.15, -0.1) is 11.3 Å². The van der Waals surface area contributed by atoms with Crippen LogP contribution in [0.5, 0.6) is 0 Å². The molecule has 1 fully saturated rings. The van der Waals surface area contributed by atoms with Gasteiger partial charge in [0.05, 0.1) is 5.69 Å². The second-order valence-electron chi connectivity index (χ2n) is 6.67. The lowest BCUT2D eigenvalue weighted by molar-refractivity contribution is -0.115. The molecule has 27 heavy (non-hydrogen) atoms. The van der Waals surface area contributed by atoms with Crippen LogP contribution in [0.1, 0.15) is 20.8 Å². The van der Waals surface area contributed by atoms with Gasteiger partial charge in [-0.05, 0) is 26.8 Å². The molecule has 2 rings (SSSR count). The van der Waals surface area contributed by atoms with E-state index in [-0.39, 0.29) is 20.8 Å². The molecule has 0 spiro atoms. The molecule has 0 saturated carbocycles. The Balaban J connectivity index is 1.98. The summed E-state index contributed by atoms with van der Waals surface area (Å²) in [6.07, 6.45) is -0.722. The van der Waals surface area contributed by atoms with Gasteiger partial charge >= 0.3 is 6.09 Å². The monoisotopic (exact) mass is 455 g/mol. The molecule has 0 atom stereocenters. The summed E-state index contributed by atoms with van der Waals surface area (Å²) in [6.45, 7) is 5.70. The first kappa shape index (κ1) is 22.3. The Labute approximate surface area is 172 Å². The minimum atomic E-state index is -3.63. The van der Waals surface area contributed by atoms with E-state index in [1.54, 1.807) is 32.5 Å². The molecule has 2 heterocycles. The second-order valence-corrected chi connectivity index (χ2v) is 11.7. The molecule has 0 radical (unpaired) electrons. The van der Waals surface area contributed by atoms with Crippen molar-refractivity contribution in [1.29, 1.82) is 0 Å². The summed E-state index contributed by atoms with van der Waals surface area (Å²) >= 11 is 8.69. The SMILES string of the molecule is CC(C)(C)OC(=O)NCC(=O)Nc1cc(S(=O)(=O)N2CCSCC2)sc1Cl. The average molecular weight is 456 g/mol. The van der Waals surface area contributed by atoms with Crippen molar-refractivity contribution in [2.45, 2.75) is 30.6 Å². The van der Waals surface area contributed by atoms with E-state index in [0.717, 1.165) is 22.8 Å². The molecule has 12 heteroatoms. The van der Waals surface area contributed by atoms with Gasteiger partial charge in [-0.1, -0.05) is 11.6 Å². The first-order chi connectivity index (χ1) is 12.5. The number of amides is 2. The normalized spacial score (nSPS) is 16.0. The molecule has 1 aromatic heterocycles. The molecule has 0 bridgehead atoms. The van der Waals surface area contributed by atoms with E-state index in [4.69, 9.17) is 16.3 Å². The largest absolute Gasteiger partial charge is 0.444 e. The number of carbonyl (C=O) groups is 2. The smallest absolute Gasteiger partial charge is 0.408 e. The van der Waals surface area contributed by atoms with Crippen LogP contribution in [-0.4, -0.2) is 61.5 Å². The predicted octanol–water partition coefficient (Wildman–Crippen LogP) is 2.60. The van der Waals surface area contributed by atoms with Crippen molar-refractivity contribution in [3.05, 3.63) is 10.4 Å². The van der Waals surface area contributed by atoms with Gasteiger partial charge in [0.25, 0.3) is 10.0 Å². The highest BCUT2D eigenvalue weighted by Crippen LogP contribution is 2.36. The molecule has 152 valence electrons. The standard InChI is InChI=1S/C15H22ClN3O5S3/c1-15(2,3)24-14(21)17-9-11(20)18-10-8-12(26-13(10)16)27(22,23)19-4-6-25-7-5-19/h8H,4-7,9H2,1-3H3,(H,17,21)(H,18,20). The Morgan fingerprint density at radius 3 is 2.52 bits per heavy atom. The zero-order chi connectivity index (χ0) is 20.2. The van der Waals surface area contributed by atoms with Crippen molar-refractivity contribution in [1.82, 2.24) is 9.62 Å². The topological polar surface area (TPSA) is 105 Å². The fourth-order valence-corrected chi connectivity index (χ4v) is 6.50. The van der Waals surface area contributed by atoms with Crippen LogP contribution in [0.3, 0.4) is 0 Å². The number of nitrogens with zero attached hydrogens (tertiary/aromatic N) is 1. The van der Waals surface area contributed by atoms with Crippen LogP contribution in [0.25, 0.3) is 0 Å². The number of nitrogens with one attached hydrogen (secondary N) is 2. The highest BCUT2D eigenvalue weighted by atomic mass is 35.5. The molecule has 8 nitrogen and oxygen atoms in total. The lowest BCUT2D eigenvalue weighted by atomic mass is 10.2. The molecule has 1 aliphatic rings. The van der Waals surface area contributed by atoms with Crippen LogP contribution in [0.4, 0.5) is 10.5 Å². The fourth-order valence-electron chi connectivity index (χ4n) is 2.13. The van der Waals surface area contributed by atoms with Gasteiger partial charge < -0.3 is 15.4 Å². The van der Waals surface area contributed by atoms with E-state index < -0.39 is 27.6 Å². The van der Waals surface area contributed by atoms with E-state index in [9.17, 15) is 18.0 Å². The molecule has 0 aliphatic carbocycles. The van der Waals surface area contributed by atoms with Gasteiger partial charge in [0.15, 0.2) is 0 Å². The molecule has 1 aromatic rings. The molecular weight excluding hydrogens is 434 g/mol. The summed E-state index contributed by atoms with van der Waals surface area (Å²) in [6, 6.07) is 1.34. The average Bonchev–Trinajstić information content (AvgIpc) is 2.94. The fraction of sp³-hybridized carbons (Fsp3) is 0.600. The van der Waals surface area contributed by atoms with Crippen molar-refractivity contribution >= 4 is 62.4 Å². The van der Waals surface area contributed by atoms with E-state index in [1.807, 2.05) is 0 Å². The number of thioether (sulfide) groups is 1. The van der Waals surface area contributed by atoms with Crippen molar-refractivity contribution in [2.75, 3.05) is 36.5 Å². The highest BCUT2D eigenvalue weighted by Gasteiger charge is 2.29. The lowest BCUT2D eigenvalue weighted by Gasteiger charge is -2.24. The van der Waals surface area contributed by atoms with E-state index >= 15 is 0 Å².